The molecule has 0 atom stereocenters. The van der Waals surface area contributed by atoms with Crippen molar-refractivity contribution >= 4 is 17.3 Å². The number of aromatic nitrogens is 1. The molecule has 5 nitrogen and oxygen atoms in total. The number of carbonyl (C=O) groups is 1. The number of carbonyl (C=O) groups excluding carboxylic acids is 1. The van der Waals surface area contributed by atoms with Crippen molar-refractivity contribution < 1.29 is 9.53 Å². The standard InChI is InChI=1S/C22H23N3O2/c1-15-8-9-18(12-16(15)2)25-19-10-11-20(23-14-19)22(26)24-13-17-6-4-5-7-21(17)27-3/h4-12,14,25H,13H2,1-3H3,(H,24,26). The van der Waals surface area contributed by atoms with Crippen LogP contribution in [-0.2, 0) is 6.54 Å². The molecule has 1 aromatic heterocycles. The van der Waals surface area contributed by atoms with Gasteiger partial charge in [-0.25, -0.2) is 4.98 Å². The predicted molar refractivity (Wildman–Crippen MR) is 108 cm³/mol. The maximum Gasteiger partial charge on any atom is 0.270 e. The number of pyridine rings is 1. The first kappa shape index (κ1) is 18.5. The Morgan fingerprint density at radius 3 is 2.48 bits per heavy atom. The van der Waals surface area contributed by atoms with Crippen molar-refractivity contribution in [2.45, 2.75) is 20.4 Å². The zero-order valence-electron chi connectivity index (χ0n) is 15.7. The molecule has 1 heterocycles. The predicted octanol–water partition coefficient (Wildman–Crippen LogP) is 4.38. The zero-order chi connectivity index (χ0) is 19.2. The lowest BCUT2D eigenvalue weighted by Crippen LogP contribution is -2.24. The summed E-state index contributed by atoms with van der Waals surface area (Å²) in [6, 6.07) is 17.3. The largest absolute Gasteiger partial charge is 0.496 e. The molecule has 0 aliphatic rings. The Labute approximate surface area is 159 Å². The molecular formula is C22H23N3O2. The van der Waals surface area contributed by atoms with E-state index in [1.165, 1.54) is 11.1 Å². The molecule has 2 aromatic carbocycles. The summed E-state index contributed by atoms with van der Waals surface area (Å²) in [7, 11) is 1.61. The molecule has 0 spiro atoms. The Bertz CT molecular complexity index is 937. The molecule has 1 amide bonds. The number of benzene rings is 2. The third-order valence-corrected chi connectivity index (χ3v) is 4.42. The van der Waals surface area contributed by atoms with E-state index in [1.54, 1.807) is 19.4 Å². The van der Waals surface area contributed by atoms with E-state index in [2.05, 4.69) is 41.6 Å². The number of nitrogens with one attached hydrogen (secondary N) is 2. The molecule has 3 aromatic rings. The Hall–Kier alpha value is -3.34. The van der Waals surface area contributed by atoms with Crippen molar-refractivity contribution in [3.63, 3.8) is 0 Å². The molecule has 0 fully saturated rings. The fraction of sp³-hybridized carbons (Fsp3) is 0.182. The van der Waals surface area contributed by atoms with Gasteiger partial charge in [-0.15, -0.1) is 0 Å². The normalized spacial score (nSPS) is 10.3. The lowest BCUT2D eigenvalue weighted by molar-refractivity contribution is 0.0945. The maximum atomic E-state index is 12.3. The van der Waals surface area contributed by atoms with E-state index < -0.39 is 0 Å². The number of nitrogens with zero attached hydrogens (tertiary/aromatic N) is 1. The average molecular weight is 361 g/mol. The Morgan fingerprint density at radius 1 is 1.00 bits per heavy atom. The Morgan fingerprint density at radius 2 is 1.78 bits per heavy atom. The second kappa shape index (κ2) is 8.36. The van der Waals surface area contributed by atoms with Crippen LogP contribution in [0, 0.1) is 13.8 Å². The van der Waals surface area contributed by atoms with Gasteiger partial charge in [0, 0.05) is 17.8 Å². The molecule has 5 heteroatoms. The monoisotopic (exact) mass is 361 g/mol. The second-order valence-electron chi connectivity index (χ2n) is 6.35. The van der Waals surface area contributed by atoms with Crippen LogP contribution in [-0.4, -0.2) is 18.0 Å². The number of ether oxygens (including phenoxy) is 1. The van der Waals surface area contributed by atoms with Gasteiger partial charge in [0.1, 0.15) is 11.4 Å². The molecule has 0 aliphatic heterocycles. The minimum Gasteiger partial charge on any atom is -0.496 e. The van der Waals surface area contributed by atoms with Gasteiger partial charge < -0.3 is 15.4 Å². The van der Waals surface area contributed by atoms with Crippen LogP contribution in [0.1, 0.15) is 27.2 Å². The first-order valence-corrected chi connectivity index (χ1v) is 8.77. The second-order valence-corrected chi connectivity index (χ2v) is 6.35. The summed E-state index contributed by atoms with van der Waals surface area (Å²) in [6.07, 6.45) is 1.66. The van der Waals surface area contributed by atoms with Crippen LogP contribution in [0.25, 0.3) is 0 Å². The SMILES string of the molecule is COc1ccccc1CNC(=O)c1ccc(Nc2ccc(C)c(C)c2)cn1. The van der Waals surface area contributed by atoms with Gasteiger partial charge in [-0.2, -0.15) is 0 Å². The van der Waals surface area contributed by atoms with E-state index in [0.29, 0.717) is 12.2 Å². The molecule has 0 radical (unpaired) electrons. The lowest BCUT2D eigenvalue weighted by Gasteiger charge is -2.10. The number of methoxy groups -OCH3 is 1. The molecule has 0 saturated heterocycles. The summed E-state index contributed by atoms with van der Waals surface area (Å²) in [6.45, 7) is 4.54. The van der Waals surface area contributed by atoms with Crippen LogP contribution in [0.15, 0.2) is 60.8 Å². The van der Waals surface area contributed by atoms with E-state index in [1.807, 2.05) is 36.4 Å². The first-order chi connectivity index (χ1) is 13.1. The highest BCUT2D eigenvalue weighted by Crippen LogP contribution is 2.19. The summed E-state index contributed by atoms with van der Waals surface area (Å²) in [5.74, 6) is 0.525. The number of hydrogen-bond donors (Lipinski definition) is 2. The number of hydrogen-bond acceptors (Lipinski definition) is 4. The van der Waals surface area contributed by atoms with Crippen molar-refractivity contribution in [2.75, 3.05) is 12.4 Å². The van der Waals surface area contributed by atoms with Gasteiger partial charge in [-0.1, -0.05) is 24.3 Å². The van der Waals surface area contributed by atoms with Gasteiger partial charge in [0.05, 0.1) is 19.0 Å². The van der Waals surface area contributed by atoms with Crippen LogP contribution < -0.4 is 15.4 Å². The lowest BCUT2D eigenvalue weighted by atomic mass is 10.1. The highest BCUT2D eigenvalue weighted by atomic mass is 16.5. The van der Waals surface area contributed by atoms with E-state index in [-0.39, 0.29) is 5.91 Å². The van der Waals surface area contributed by atoms with Gasteiger partial charge in [-0.05, 0) is 55.3 Å². The number of rotatable bonds is 6. The van der Waals surface area contributed by atoms with Crippen molar-refractivity contribution in [1.82, 2.24) is 10.3 Å². The fourth-order valence-corrected chi connectivity index (χ4v) is 2.70. The molecule has 0 aliphatic carbocycles. The zero-order valence-corrected chi connectivity index (χ0v) is 15.7. The molecule has 0 bridgehead atoms. The van der Waals surface area contributed by atoms with Crippen LogP contribution in [0.2, 0.25) is 0 Å². The topological polar surface area (TPSA) is 63.2 Å². The number of amides is 1. The molecule has 2 N–H and O–H groups in total. The highest BCUT2D eigenvalue weighted by Gasteiger charge is 2.09. The number of aryl methyl sites for hydroxylation is 2. The highest BCUT2D eigenvalue weighted by molar-refractivity contribution is 5.92. The average Bonchev–Trinajstić information content (AvgIpc) is 2.69. The molecule has 138 valence electrons. The number of para-hydroxylation sites is 1. The summed E-state index contributed by atoms with van der Waals surface area (Å²) < 4.78 is 5.30. The van der Waals surface area contributed by atoms with E-state index in [0.717, 1.165) is 22.7 Å². The van der Waals surface area contributed by atoms with Crippen LogP contribution in [0.3, 0.4) is 0 Å². The van der Waals surface area contributed by atoms with E-state index >= 15 is 0 Å². The third kappa shape index (κ3) is 4.64. The van der Waals surface area contributed by atoms with Crippen LogP contribution in [0.4, 0.5) is 11.4 Å². The smallest absolute Gasteiger partial charge is 0.270 e. The van der Waals surface area contributed by atoms with Gasteiger partial charge >= 0.3 is 0 Å². The first-order valence-electron chi connectivity index (χ1n) is 8.77. The van der Waals surface area contributed by atoms with Crippen molar-refractivity contribution in [1.29, 1.82) is 0 Å². The molecule has 0 unspecified atom stereocenters. The van der Waals surface area contributed by atoms with E-state index in [9.17, 15) is 4.79 Å². The van der Waals surface area contributed by atoms with Crippen LogP contribution in [0.5, 0.6) is 5.75 Å². The summed E-state index contributed by atoms with van der Waals surface area (Å²) in [5.41, 5.74) is 5.59. The quantitative estimate of drug-likeness (QED) is 0.684. The Balaban J connectivity index is 1.62. The van der Waals surface area contributed by atoms with Crippen molar-refractivity contribution in [3.05, 3.63) is 83.2 Å². The third-order valence-electron chi connectivity index (χ3n) is 4.42. The van der Waals surface area contributed by atoms with Gasteiger partial charge in [0.25, 0.3) is 5.91 Å². The Kier molecular flexibility index (Phi) is 5.71. The van der Waals surface area contributed by atoms with E-state index in [4.69, 9.17) is 4.74 Å². The van der Waals surface area contributed by atoms with Gasteiger partial charge in [0.15, 0.2) is 0 Å². The molecule has 27 heavy (non-hydrogen) atoms. The molecule has 0 saturated carbocycles. The summed E-state index contributed by atoms with van der Waals surface area (Å²) in [4.78, 5) is 16.6. The van der Waals surface area contributed by atoms with Gasteiger partial charge in [0.2, 0.25) is 0 Å². The van der Waals surface area contributed by atoms with Gasteiger partial charge in [-0.3, -0.25) is 4.79 Å². The molecule has 3 rings (SSSR count). The van der Waals surface area contributed by atoms with Crippen molar-refractivity contribution in [3.8, 4) is 5.75 Å². The number of anilines is 2. The minimum atomic E-state index is -0.223. The molecular weight excluding hydrogens is 338 g/mol. The fourth-order valence-electron chi connectivity index (χ4n) is 2.70. The van der Waals surface area contributed by atoms with Crippen LogP contribution >= 0.6 is 0 Å². The summed E-state index contributed by atoms with van der Waals surface area (Å²) in [5, 5.41) is 6.17. The maximum absolute atomic E-state index is 12.3. The minimum absolute atomic E-state index is 0.223. The summed E-state index contributed by atoms with van der Waals surface area (Å²) >= 11 is 0. The van der Waals surface area contributed by atoms with Crippen molar-refractivity contribution in [2.24, 2.45) is 0 Å².